The summed E-state index contributed by atoms with van der Waals surface area (Å²) in [4.78, 5) is 14.5. The zero-order valence-corrected chi connectivity index (χ0v) is 11.7. The molecule has 0 bridgehead atoms. The summed E-state index contributed by atoms with van der Waals surface area (Å²) in [6.45, 7) is 1.64. The van der Waals surface area contributed by atoms with E-state index in [2.05, 4.69) is 0 Å². The van der Waals surface area contributed by atoms with Gasteiger partial charge < -0.3 is 10.6 Å². The Morgan fingerprint density at radius 1 is 1.11 bits per heavy atom. The van der Waals surface area contributed by atoms with Gasteiger partial charge in [0.25, 0.3) is 0 Å². The van der Waals surface area contributed by atoms with Gasteiger partial charge in [-0.05, 0) is 44.1 Å². The quantitative estimate of drug-likeness (QED) is 0.835. The van der Waals surface area contributed by atoms with E-state index >= 15 is 0 Å². The highest BCUT2D eigenvalue weighted by Gasteiger charge is 2.34. The number of rotatable bonds is 4. The number of carbonyl (C=O) groups excluding carboxylic acids is 1. The Labute approximate surface area is 111 Å². The summed E-state index contributed by atoms with van der Waals surface area (Å²) in [6, 6.07) is 0. The number of hydrogen-bond donors (Lipinski definition) is 1. The van der Waals surface area contributed by atoms with Crippen LogP contribution in [0.2, 0.25) is 0 Å². The Morgan fingerprint density at radius 2 is 1.83 bits per heavy atom. The Bertz CT molecular complexity index is 274. The average Bonchev–Trinajstić information content (AvgIpc) is 2.87. The van der Waals surface area contributed by atoms with E-state index in [1.165, 1.54) is 38.5 Å². The first-order valence-electron chi connectivity index (χ1n) is 7.67. The van der Waals surface area contributed by atoms with Crippen LogP contribution in [0.1, 0.15) is 51.4 Å². The Hall–Kier alpha value is -0.570. The van der Waals surface area contributed by atoms with Crippen molar-refractivity contribution < 1.29 is 4.79 Å². The van der Waals surface area contributed by atoms with Crippen molar-refractivity contribution in [1.29, 1.82) is 0 Å². The van der Waals surface area contributed by atoms with Crippen LogP contribution in [0.5, 0.6) is 0 Å². The minimum Gasteiger partial charge on any atom is -0.345 e. The van der Waals surface area contributed by atoms with Crippen molar-refractivity contribution in [3.63, 3.8) is 0 Å². The van der Waals surface area contributed by atoms with Crippen LogP contribution in [-0.2, 0) is 4.79 Å². The van der Waals surface area contributed by atoms with E-state index < -0.39 is 0 Å². The summed E-state index contributed by atoms with van der Waals surface area (Å²) >= 11 is 0. The minimum absolute atomic E-state index is 0.212. The third-order valence-corrected chi connectivity index (χ3v) is 4.91. The predicted octanol–water partition coefficient (Wildman–Crippen LogP) is 2.40. The van der Waals surface area contributed by atoms with E-state index in [0.29, 0.717) is 18.4 Å². The minimum atomic E-state index is 0.212. The molecule has 3 heteroatoms. The van der Waals surface area contributed by atoms with Crippen molar-refractivity contribution in [2.24, 2.45) is 23.5 Å². The predicted molar refractivity (Wildman–Crippen MR) is 74.1 cm³/mol. The molecule has 2 saturated carbocycles. The van der Waals surface area contributed by atoms with Crippen LogP contribution < -0.4 is 5.73 Å². The number of nitrogens with zero attached hydrogens (tertiary/aromatic N) is 1. The summed E-state index contributed by atoms with van der Waals surface area (Å²) in [6.07, 6.45) is 10.1. The van der Waals surface area contributed by atoms with E-state index in [1.54, 1.807) is 0 Å². The van der Waals surface area contributed by atoms with E-state index in [0.717, 1.165) is 25.3 Å². The summed E-state index contributed by atoms with van der Waals surface area (Å²) < 4.78 is 0. The molecule has 0 aliphatic heterocycles. The van der Waals surface area contributed by atoms with Crippen molar-refractivity contribution >= 4 is 5.91 Å². The van der Waals surface area contributed by atoms with E-state index in [-0.39, 0.29) is 5.92 Å². The molecule has 104 valence electrons. The van der Waals surface area contributed by atoms with Gasteiger partial charge in [0.15, 0.2) is 0 Å². The molecule has 2 aliphatic rings. The molecule has 0 aromatic rings. The molecule has 3 nitrogen and oxygen atoms in total. The van der Waals surface area contributed by atoms with Crippen LogP contribution in [0.3, 0.4) is 0 Å². The van der Waals surface area contributed by atoms with Crippen molar-refractivity contribution in [3.05, 3.63) is 0 Å². The fourth-order valence-electron chi connectivity index (χ4n) is 3.77. The molecule has 0 aromatic carbocycles. The van der Waals surface area contributed by atoms with Gasteiger partial charge in [-0.25, -0.2) is 0 Å². The average molecular weight is 252 g/mol. The van der Waals surface area contributed by atoms with Gasteiger partial charge in [0.05, 0.1) is 0 Å². The Balaban J connectivity index is 1.83. The molecule has 2 rings (SSSR count). The molecule has 0 radical (unpaired) electrons. The summed E-state index contributed by atoms with van der Waals surface area (Å²) in [5.74, 6) is 1.74. The van der Waals surface area contributed by atoms with Crippen molar-refractivity contribution in [2.45, 2.75) is 51.4 Å². The third kappa shape index (κ3) is 3.25. The van der Waals surface area contributed by atoms with Crippen LogP contribution in [-0.4, -0.2) is 30.9 Å². The Morgan fingerprint density at radius 3 is 2.50 bits per heavy atom. The topological polar surface area (TPSA) is 46.3 Å². The lowest BCUT2D eigenvalue weighted by molar-refractivity contribution is -0.136. The maximum Gasteiger partial charge on any atom is 0.225 e. The molecule has 2 aliphatic carbocycles. The lowest BCUT2D eigenvalue weighted by atomic mass is 9.88. The molecule has 2 unspecified atom stereocenters. The summed E-state index contributed by atoms with van der Waals surface area (Å²) in [5.41, 5.74) is 5.78. The smallest absolute Gasteiger partial charge is 0.225 e. The van der Waals surface area contributed by atoms with E-state index in [9.17, 15) is 4.79 Å². The van der Waals surface area contributed by atoms with Gasteiger partial charge in [-0.2, -0.15) is 0 Å². The molecule has 0 heterocycles. The number of carbonyl (C=O) groups is 1. The van der Waals surface area contributed by atoms with Gasteiger partial charge in [0.2, 0.25) is 5.91 Å². The Kier molecular flexibility index (Phi) is 5.04. The van der Waals surface area contributed by atoms with Gasteiger partial charge >= 0.3 is 0 Å². The van der Waals surface area contributed by atoms with Crippen LogP contribution in [0.15, 0.2) is 0 Å². The first kappa shape index (κ1) is 13.9. The molecular weight excluding hydrogens is 224 g/mol. The van der Waals surface area contributed by atoms with Crippen LogP contribution in [0, 0.1) is 17.8 Å². The number of amides is 1. The van der Waals surface area contributed by atoms with Gasteiger partial charge in [-0.1, -0.05) is 25.7 Å². The van der Waals surface area contributed by atoms with Crippen molar-refractivity contribution in [2.75, 3.05) is 20.1 Å². The molecule has 0 saturated heterocycles. The van der Waals surface area contributed by atoms with Gasteiger partial charge in [-0.3, -0.25) is 4.79 Å². The maximum absolute atomic E-state index is 12.5. The van der Waals surface area contributed by atoms with Crippen LogP contribution in [0.4, 0.5) is 0 Å². The van der Waals surface area contributed by atoms with Crippen LogP contribution in [0.25, 0.3) is 0 Å². The highest BCUT2D eigenvalue weighted by atomic mass is 16.2. The summed E-state index contributed by atoms with van der Waals surface area (Å²) in [5, 5.41) is 0. The lowest BCUT2D eigenvalue weighted by Crippen LogP contribution is -2.39. The monoisotopic (exact) mass is 252 g/mol. The van der Waals surface area contributed by atoms with E-state index in [1.807, 2.05) is 11.9 Å². The third-order valence-electron chi connectivity index (χ3n) is 4.91. The molecular formula is C15H28N2O. The van der Waals surface area contributed by atoms with Gasteiger partial charge in [-0.15, -0.1) is 0 Å². The number of hydrogen-bond acceptors (Lipinski definition) is 2. The fraction of sp³-hybridized carbons (Fsp3) is 0.933. The lowest BCUT2D eigenvalue weighted by Gasteiger charge is -2.30. The molecule has 2 atom stereocenters. The zero-order valence-electron chi connectivity index (χ0n) is 11.7. The standard InChI is InChI=1S/C15H28N2O/c1-17(11-12-6-3-2-4-7-12)15(18)14-9-5-8-13(14)10-16/h12-14H,2-11,16H2,1H3. The molecule has 18 heavy (non-hydrogen) atoms. The molecule has 2 N–H and O–H groups in total. The highest BCUT2D eigenvalue weighted by molar-refractivity contribution is 5.79. The SMILES string of the molecule is CN(CC1CCCCC1)C(=O)C1CCCC1CN. The molecule has 1 amide bonds. The number of nitrogens with two attached hydrogens (primary N) is 1. The zero-order chi connectivity index (χ0) is 13.0. The maximum atomic E-state index is 12.5. The van der Waals surface area contributed by atoms with Gasteiger partial charge in [0, 0.05) is 19.5 Å². The second kappa shape index (κ2) is 6.55. The second-order valence-corrected chi connectivity index (χ2v) is 6.26. The summed E-state index contributed by atoms with van der Waals surface area (Å²) in [7, 11) is 1.99. The van der Waals surface area contributed by atoms with Gasteiger partial charge in [0.1, 0.15) is 0 Å². The largest absolute Gasteiger partial charge is 0.345 e. The van der Waals surface area contributed by atoms with Crippen molar-refractivity contribution in [1.82, 2.24) is 4.90 Å². The second-order valence-electron chi connectivity index (χ2n) is 6.26. The normalized spacial score (nSPS) is 29.4. The first-order chi connectivity index (χ1) is 8.72. The van der Waals surface area contributed by atoms with E-state index in [4.69, 9.17) is 5.73 Å². The molecule has 0 spiro atoms. The first-order valence-corrected chi connectivity index (χ1v) is 7.67. The highest BCUT2D eigenvalue weighted by Crippen LogP contribution is 2.33. The molecule has 2 fully saturated rings. The van der Waals surface area contributed by atoms with Crippen molar-refractivity contribution in [3.8, 4) is 0 Å². The van der Waals surface area contributed by atoms with Crippen LogP contribution >= 0.6 is 0 Å². The molecule has 0 aromatic heterocycles. The fourth-order valence-corrected chi connectivity index (χ4v) is 3.77.